The molecular formula is C67H45NO. The van der Waals surface area contributed by atoms with Crippen molar-refractivity contribution < 1.29 is 4.74 Å². The van der Waals surface area contributed by atoms with E-state index in [-0.39, 0.29) is 0 Å². The molecule has 0 amide bonds. The van der Waals surface area contributed by atoms with Crippen LogP contribution >= 0.6 is 0 Å². The monoisotopic (exact) mass is 879 g/mol. The van der Waals surface area contributed by atoms with Gasteiger partial charge in [-0.25, -0.2) is 0 Å². The second kappa shape index (κ2) is 16.7. The number of para-hydroxylation sites is 3. The third-order valence-electron chi connectivity index (χ3n) is 14.2. The quantitative estimate of drug-likeness (QED) is 0.151. The zero-order chi connectivity index (χ0) is 45.7. The van der Waals surface area contributed by atoms with Gasteiger partial charge in [0.05, 0.1) is 11.1 Å². The molecule has 2 aliphatic rings. The van der Waals surface area contributed by atoms with E-state index in [2.05, 4.69) is 278 Å². The summed E-state index contributed by atoms with van der Waals surface area (Å²) in [5.74, 6) is 1.78. The lowest BCUT2D eigenvalue weighted by Crippen LogP contribution is -2.32. The molecule has 0 radical (unpaired) electrons. The molecule has 13 rings (SSSR count). The van der Waals surface area contributed by atoms with Gasteiger partial charge in [-0.15, -0.1) is 0 Å². The van der Waals surface area contributed by atoms with Gasteiger partial charge in [-0.3, -0.25) is 0 Å². The zero-order valence-electron chi connectivity index (χ0n) is 37.8. The van der Waals surface area contributed by atoms with E-state index in [1.54, 1.807) is 0 Å². The topological polar surface area (TPSA) is 12.5 Å². The van der Waals surface area contributed by atoms with Crippen molar-refractivity contribution in [1.82, 2.24) is 0 Å². The first kappa shape index (κ1) is 40.3. The summed E-state index contributed by atoms with van der Waals surface area (Å²) in [5, 5.41) is 0. The molecule has 0 N–H and O–H groups in total. The third-order valence-corrected chi connectivity index (χ3v) is 14.2. The Labute approximate surface area is 403 Å². The zero-order valence-corrected chi connectivity index (χ0v) is 37.8. The lowest BCUT2D eigenvalue weighted by Gasteiger charge is -2.39. The van der Waals surface area contributed by atoms with E-state index in [0.29, 0.717) is 0 Å². The Kier molecular flexibility index (Phi) is 9.77. The van der Waals surface area contributed by atoms with Crippen molar-refractivity contribution in [2.24, 2.45) is 0 Å². The Morgan fingerprint density at radius 2 is 0.681 bits per heavy atom. The van der Waals surface area contributed by atoms with Gasteiger partial charge in [0.15, 0.2) is 0 Å². The highest BCUT2D eigenvalue weighted by molar-refractivity contribution is 5.98. The Morgan fingerprint density at radius 1 is 0.246 bits per heavy atom. The standard InChI is InChI=1S/C67H45NO/c1-3-20-46(21-4-1)49-24-19-25-50(44-49)47-38-40-51(41-39-47)68(64-35-16-12-31-58(64)56-29-10-9-28-55(56)54-27-8-7-26-53(54)48-22-5-2-6-23-48)52-42-43-61-59(45-52)57-30-11-13-32-60(57)67(61)62-33-14-17-36-65(62)69-66-37-18-15-34-63(66)67/h1-45H. The van der Waals surface area contributed by atoms with E-state index in [4.69, 9.17) is 4.74 Å². The van der Waals surface area contributed by atoms with Gasteiger partial charge in [-0.2, -0.15) is 0 Å². The first-order valence-corrected chi connectivity index (χ1v) is 23.7. The van der Waals surface area contributed by atoms with Crippen LogP contribution in [0.5, 0.6) is 11.5 Å². The van der Waals surface area contributed by atoms with Gasteiger partial charge in [0.1, 0.15) is 11.5 Å². The SMILES string of the molecule is c1ccc(-c2cccc(-c3ccc(N(c4ccc5c(c4)-c4ccccc4C54c5ccccc5Oc5ccccc54)c4ccccc4-c4ccccc4-c4ccccc4-c4ccccc4)cc3)c2)cc1. The molecule has 0 saturated carbocycles. The summed E-state index contributed by atoms with van der Waals surface area (Å²) in [6.07, 6.45) is 0. The van der Waals surface area contributed by atoms with Gasteiger partial charge in [0, 0.05) is 28.1 Å². The molecule has 1 aliphatic heterocycles. The predicted molar refractivity (Wildman–Crippen MR) is 286 cm³/mol. The van der Waals surface area contributed by atoms with Crippen LogP contribution in [0.4, 0.5) is 17.1 Å². The Bertz CT molecular complexity index is 3660. The molecule has 0 saturated heterocycles. The minimum absolute atomic E-state index is 0.556. The van der Waals surface area contributed by atoms with E-state index in [1.165, 1.54) is 61.2 Å². The molecule has 324 valence electrons. The van der Waals surface area contributed by atoms with Crippen molar-refractivity contribution in [3.63, 3.8) is 0 Å². The van der Waals surface area contributed by atoms with Crippen LogP contribution in [0.2, 0.25) is 0 Å². The molecule has 11 aromatic rings. The van der Waals surface area contributed by atoms with Crippen LogP contribution < -0.4 is 9.64 Å². The molecule has 1 heterocycles. The fourth-order valence-electron chi connectivity index (χ4n) is 11.2. The summed E-state index contributed by atoms with van der Waals surface area (Å²) in [6, 6.07) is 99.1. The lowest BCUT2D eigenvalue weighted by molar-refractivity contribution is 0.436. The molecular weight excluding hydrogens is 835 g/mol. The molecule has 2 nitrogen and oxygen atoms in total. The minimum Gasteiger partial charge on any atom is -0.457 e. The number of fused-ring (bicyclic) bond motifs is 9. The van der Waals surface area contributed by atoms with Gasteiger partial charge in [-0.05, 0) is 121 Å². The van der Waals surface area contributed by atoms with Crippen LogP contribution in [0.1, 0.15) is 22.3 Å². The summed E-state index contributed by atoms with van der Waals surface area (Å²) in [5.41, 5.74) is 21.8. The second-order valence-corrected chi connectivity index (χ2v) is 17.9. The largest absolute Gasteiger partial charge is 0.457 e. The van der Waals surface area contributed by atoms with Crippen molar-refractivity contribution in [3.8, 4) is 78.3 Å². The number of ether oxygens (including phenoxy) is 1. The van der Waals surface area contributed by atoms with Crippen molar-refractivity contribution in [2.75, 3.05) is 4.90 Å². The van der Waals surface area contributed by atoms with E-state index in [0.717, 1.165) is 56.4 Å². The second-order valence-electron chi connectivity index (χ2n) is 17.9. The van der Waals surface area contributed by atoms with Gasteiger partial charge >= 0.3 is 0 Å². The number of hydrogen-bond acceptors (Lipinski definition) is 2. The maximum Gasteiger partial charge on any atom is 0.132 e. The van der Waals surface area contributed by atoms with Gasteiger partial charge in [-0.1, -0.05) is 224 Å². The fourth-order valence-corrected chi connectivity index (χ4v) is 11.2. The average molecular weight is 880 g/mol. The van der Waals surface area contributed by atoms with E-state index in [1.807, 2.05) is 0 Å². The molecule has 0 fully saturated rings. The van der Waals surface area contributed by atoms with Crippen molar-refractivity contribution in [1.29, 1.82) is 0 Å². The molecule has 69 heavy (non-hydrogen) atoms. The van der Waals surface area contributed by atoms with Crippen LogP contribution in [0.25, 0.3) is 66.8 Å². The smallest absolute Gasteiger partial charge is 0.132 e. The van der Waals surface area contributed by atoms with Crippen LogP contribution in [-0.2, 0) is 5.41 Å². The van der Waals surface area contributed by atoms with Crippen LogP contribution in [0.3, 0.4) is 0 Å². The average Bonchev–Trinajstić information content (AvgIpc) is 3.71. The number of rotatable bonds is 8. The van der Waals surface area contributed by atoms with Crippen LogP contribution in [0, 0.1) is 0 Å². The van der Waals surface area contributed by atoms with Crippen LogP contribution in [-0.4, -0.2) is 0 Å². The first-order chi connectivity index (χ1) is 34.2. The van der Waals surface area contributed by atoms with Crippen molar-refractivity contribution >= 4 is 17.1 Å². The van der Waals surface area contributed by atoms with Gasteiger partial charge in [0.2, 0.25) is 0 Å². The summed E-state index contributed by atoms with van der Waals surface area (Å²) >= 11 is 0. The van der Waals surface area contributed by atoms with E-state index >= 15 is 0 Å². The maximum absolute atomic E-state index is 6.66. The fraction of sp³-hybridized carbons (Fsp3) is 0.0149. The highest BCUT2D eigenvalue weighted by atomic mass is 16.5. The molecule has 1 aliphatic carbocycles. The lowest BCUT2D eigenvalue weighted by atomic mass is 9.66. The van der Waals surface area contributed by atoms with Gasteiger partial charge in [0.25, 0.3) is 0 Å². The summed E-state index contributed by atoms with van der Waals surface area (Å²) < 4.78 is 6.66. The van der Waals surface area contributed by atoms with E-state index in [9.17, 15) is 0 Å². The Balaban J connectivity index is 1.02. The first-order valence-electron chi connectivity index (χ1n) is 23.7. The number of hydrogen-bond donors (Lipinski definition) is 0. The third kappa shape index (κ3) is 6.64. The Morgan fingerprint density at radius 3 is 1.33 bits per heavy atom. The molecule has 0 bridgehead atoms. The number of anilines is 3. The van der Waals surface area contributed by atoms with E-state index < -0.39 is 5.41 Å². The predicted octanol–water partition coefficient (Wildman–Crippen LogP) is 18.0. The Hall–Kier alpha value is -8.98. The molecule has 2 heteroatoms. The summed E-state index contributed by atoms with van der Waals surface area (Å²) in [6.45, 7) is 0. The number of benzene rings is 11. The number of nitrogens with zero attached hydrogens (tertiary/aromatic N) is 1. The highest BCUT2D eigenvalue weighted by Crippen LogP contribution is 2.62. The summed E-state index contributed by atoms with van der Waals surface area (Å²) in [7, 11) is 0. The molecule has 0 atom stereocenters. The maximum atomic E-state index is 6.66. The molecule has 0 aromatic heterocycles. The van der Waals surface area contributed by atoms with Gasteiger partial charge < -0.3 is 9.64 Å². The normalized spacial score (nSPS) is 12.6. The highest BCUT2D eigenvalue weighted by Gasteiger charge is 2.51. The summed E-state index contributed by atoms with van der Waals surface area (Å²) in [4.78, 5) is 2.46. The van der Waals surface area contributed by atoms with Crippen molar-refractivity contribution in [3.05, 3.63) is 295 Å². The van der Waals surface area contributed by atoms with Crippen molar-refractivity contribution in [2.45, 2.75) is 5.41 Å². The molecule has 0 unspecified atom stereocenters. The minimum atomic E-state index is -0.556. The van der Waals surface area contributed by atoms with Crippen LogP contribution in [0.15, 0.2) is 273 Å². The molecule has 11 aromatic carbocycles. The molecule has 1 spiro atoms.